The molecule has 0 fully saturated rings. The summed E-state index contributed by atoms with van der Waals surface area (Å²) in [7, 11) is 1.70. The van der Waals surface area contributed by atoms with Gasteiger partial charge in [-0.15, -0.1) is 0 Å². The molecular formula is C11H25NO2. The molecule has 3 nitrogen and oxygen atoms in total. The highest BCUT2D eigenvalue weighted by Gasteiger charge is 2.23. The molecule has 0 aliphatic heterocycles. The molecule has 0 rings (SSSR count). The van der Waals surface area contributed by atoms with E-state index in [1.54, 1.807) is 7.11 Å². The minimum Gasteiger partial charge on any atom is -0.389 e. The Kier molecular flexibility index (Phi) is 6.33. The van der Waals surface area contributed by atoms with Gasteiger partial charge in [-0.3, -0.25) is 0 Å². The summed E-state index contributed by atoms with van der Waals surface area (Å²) >= 11 is 0. The summed E-state index contributed by atoms with van der Waals surface area (Å²) in [5, 5.41) is 13.3. The molecule has 0 aromatic carbocycles. The van der Waals surface area contributed by atoms with Crippen molar-refractivity contribution in [3.05, 3.63) is 0 Å². The monoisotopic (exact) mass is 203 g/mol. The normalized spacial score (nSPS) is 16.7. The van der Waals surface area contributed by atoms with Crippen molar-refractivity contribution < 1.29 is 9.84 Å². The number of aliphatic hydroxyl groups is 1. The van der Waals surface area contributed by atoms with Gasteiger partial charge in [0.25, 0.3) is 0 Å². The third-order valence-corrected chi connectivity index (χ3v) is 3.15. The lowest BCUT2D eigenvalue weighted by Crippen LogP contribution is -2.46. The van der Waals surface area contributed by atoms with Gasteiger partial charge in [0.05, 0.1) is 11.7 Å². The van der Waals surface area contributed by atoms with E-state index in [-0.39, 0.29) is 12.1 Å². The molecule has 0 saturated heterocycles. The Balaban J connectivity index is 3.91. The molecule has 0 spiro atoms. The molecule has 0 aromatic rings. The van der Waals surface area contributed by atoms with Gasteiger partial charge in [-0.25, -0.2) is 0 Å². The summed E-state index contributed by atoms with van der Waals surface area (Å²) < 4.78 is 5.20. The van der Waals surface area contributed by atoms with E-state index in [1.807, 2.05) is 20.8 Å². The molecule has 3 heteroatoms. The lowest BCUT2D eigenvalue weighted by molar-refractivity contribution is 0.0202. The second kappa shape index (κ2) is 6.38. The minimum atomic E-state index is -0.568. The smallest absolute Gasteiger partial charge is 0.0766 e. The van der Waals surface area contributed by atoms with Crippen molar-refractivity contribution in [3.63, 3.8) is 0 Å². The van der Waals surface area contributed by atoms with Crippen molar-refractivity contribution in [2.45, 2.75) is 58.3 Å². The zero-order valence-electron chi connectivity index (χ0n) is 10.1. The summed E-state index contributed by atoms with van der Waals surface area (Å²) in [6.07, 6.45) is 1.74. The Morgan fingerprint density at radius 3 is 2.14 bits per heavy atom. The van der Waals surface area contributed by atoms with Crippen molar-refractivity contribution >= 4 is 0 Å². The van der Waals surface area contributed by atoms with Gasteiger partial charge in [-0.2, -0.15) is 0 Å². The fourth-order valence-corrected chi connectivity index (χ4v) is 1.22. The Morgan fingerprint density at radius 2 is 1.79 bits per heavy atom. The fourth-order valence-electron chi connectivity index (χ4n) is 1.22. The molecular weight excluding hydrogens is 178 g/mol. The van der Waals surface area contributed by atoms with Crippen LogP contribution in [0, 0.1) is 0 Å². The predicted octanol–water partition coefficient (Wildman–Crippen LogP) is 1.55. The maximum absolute atomic E-state index is 10.0. The molecule has 14 heavy (non-hydrogen) atoms. The van der Waals surface area contributed by atoms with Crippen LogP contribution in [-0.4, -0.2) is 36.5 Å². The molecule has 0 bridgehead atoms. The van der Waals surface area contributed by atoms with E-state index in [2.05, 4.69) is 12.2 Å². The first-order valence-electron chi connectivity index (χ1n) is 5.47. The number of hydrogen-bond acceptors (Lipinski definition) is 3. The lowest BCUT2D eigenvalue weighted by atomic mass is 9.97. The molecule has 0 radical (unpaired) electrons. The van der Waals surface area contributed by atoms with Gasteiger partial charge in [0.2, 0.25) is 0 Å². The number of hydrogen-bond donors (Lipinski definition) is 2. The van der Waals surface area contributed by atoms with Crippen molar-refractivity contribution in [3.8, 4) is 0 Å². The molecule has 0 amide bonds. The summed E-state index contributed by atoms with van der Waals surface area (Å²) in [6.45, 7) is 8.74. The zero-order chi connectivity index (χ0) is 11.2. The van der Waals surface area contributed by atoms with Crippen LogP contribution in [0.15, 0.2) is 0 Å². The van der Waals surface area contributed by atoms with Gasteiger partial charge in [-0.1, -0.05) is 13.8 Å². The molecule has 86 valence electrons. The summed E-state index contributed by atoms with van der Waals surface area (Å²) in [4.78, 5) is 0. The highest BCUT2D eigenvalue weighted by molar-refractivity contribution is 4.80. The van der Waals surface area contributed by atoms with E-state index in [1.165, 1.54) is 0 Å². The average molecular weight is 203 g/mol. The topological polar surface area (TPSA) is 41.5 Å². The number of methoxy groups -OCH3 is 1. The van der Waals surface area contributed by atoms with Gasteiger partial charge in [0.15, 0.2) is 0 Å². The van der Waals surface area contributed by atoms with Crippen LogP contribution in [0.2, 0.25) is 0 Å². The van der Waals surface area contributed by atoms with E-state index < -0.39 is 5.60 Å². The molecule has 0 aliphatic rings. The van der Waals surface area contributed by atoms with E-state index in [9.17, 15) is 5.11 Å². The average Bonchev–Trinajstić information content (AvgIpc) is 2.24. The quantitative estimate of drug-likeness (QED) is 0.659. The second-order valence-corrected chi connectivity index (χ2v) is 4.04. The van der Waals surface area contributed by atoms with Gasteiger partial charge in [-0.05, 0) is 26.7 Å². The second-order valence-electron chi connectivity index (χ2n) is 4.04. The molecule has 2 unspecified atom stereocenters. The van der Waals surface area contributed by atoms with Crippen LogP contribution < -0.4 is 5.32 Å². The summed E-state index contributed by atoms with van der Waals surface area (Å²) in [6, 6.07) is 0.268. The third-order valence-electron chi connectivity index (χ3n) is 3.15. The predicted molar refractivity (Wildman–Crippen MR) is 59.5 cm³/mol. The number of ether oxygens (including phenoxy) is 1. The first-order valence-corrected chi connectivity index (χ1v) is 5.47. The number of rotatable bonds is 7. The van der Waals surface area contributed by atoms with Crippen LogP contribution >= 0.6 is 0 Å². The Hall–Kier alpha value is -0.120. The van der Waals surface area contributed by atoms with Crippen molar-refractivity contribution in [2.24, 2.45) is 0 Å². The maximum atomic E-state index is 10.0. The highest BCUT2D eigenvalue weighted by atomic mass is 16.5. The minimum absolute atomic E-state index is 0.174. The van der Waals surface area contributed by atoms with Crippen LogP contribution in [0.3, 0.4) is 0 Å². The van der Waals surface area contributed by atoms with Gasteiger partial charge < -0.3 is 15.2 Å². The van der Waals surface area contributed by atoms with E-state index in [0.717, 1.165) is 12.8 Å². The SMILES string of the molecule is CCC(O)(CC)CNC(C)C(C)OC. The zero-order valence-corrected chi connectivity index (χ0v) is 10.1. The van der Waals surface area contributed by atoms with Crippen LogP contribution in [0.4, 0.5) is 0 Å². The van der Waals surface area contributed by atoms with Gasteiger partial charge in [0.1, 0.15) is 0 Å². The van der Waals surface area contributed by atoms with Gasteiger partial charge >= 0.3 is 0 Å². The van der Waals surface area contributed by atoms with E-state index >= 15 is 0 Å². The summed E-state index contributed by atoms with van der Waals surface area (Å²) in [5.74, 6) is 0. The van der Waals surface area contributed by atoms with E-state index in [0.29, 0.717) is 6.54 Å². The molecule has 2 N–H and O–H groups in total. The third kappa shape index (κ3) is 4.40. The molecule has 0 heterocycles. The van der Waals surface area contributed by atoms with Crippen LogP contribution in [0.25, 0.3) is 0 Å². The van der Waals surface area contributed by atoms with Crippen molar-refractivity contribution in [1.82, 2.24) is 5.32 Å². The molecule has 0 aromatic heterocycles. The Bertz CT molecular complexity index is 146. The molecule has 2 atom stereocenters. The fraction of sp³-hybridized carbons (Fsp3) is 1.00. The standard InChI is InChI=1S/C11H25NO2/c1-6-11(13,7-2)8-12-9(3)10(4)14-5/h9-10,12-13H,6-8H2,1-5H3. The van der Waals surface area contributed by atoms with Crippen LogP contribution in [-0.2, 0) is 4.74 Å². The number of nitrogens with one attached hydrogen (secondary N) is 1. The Morgan fingerprint density at radius 1 is 1.29 bits per heavy atom. The molecule has 0 saturated carbocycles. The van der Waals surface area contributed by atoms with E-state index in [4.69, 9.17) is 4.74 Å². The molecule has 0 aliphatic carbocycles. The van der Waals surface area contributed by atoms with Gasteiger partial charge in [0, 0.05) is 19.7 Å². The van der Waals surface area contributed by atoms with Crippen LogP contribution in [0.5, 0.6) is 0 Å². The summed E-state index contributed by atoms with van der Waals surface area (Å²) in [5.41, 5.74) is -0.568. The van der Waals surface area contributed by atoms with Crippen molar-refractivity contribution in [2.75, 3.05) is 13.7 Å². The maximum Gasteiger partial charge on any atom is 0.0766 e. The largest absolute Gasteiger partial charge is 0.389 e. The first kappa shape index (κ1) is 13.9. The highest BCUT2D eigenvalue weighted by Crippen LogP contribution is 2.13. The Labute approximate surface area is 87.8 Å². The first-order chi connectivity index (χ1) is 6.49. The van der Waals surface area contributed by atoms with Crippen molar-refractivity contribution in [1.29, 1.82) is 0 Å². The van der Waals surface area contributed by atoms with Crippen LogP contribution in [0.1, 0.15) is 40.5 Å². The lowest BCUT2D eigenvalue weighted by Gasteiger charge is -2.29.